The van der Waals surface area contributed by atoms with Crippen molar-refractivity contribution in [1.82, 2.24) is 9.88 Å². The van der Waals surface area contributed by atoms with Gasteiger partial charge in [-0.05, 0) is 47.6 Å². The lowest BCUT2D eigenvalue weighted by molar-refractivity contribution is 0.120. The Morgan fingerprint density at radius 3 is 2.36 bits per heavy atom. The molecule has 0 spiro atoms. The predicted molar refractivity (Wildman–Crippen MR) is 117 cm³/mol. The average molecular weight is 370 g/mol. The minimum atomic E-state index is -0.549. The number of likely N-dealkylation sites (N-methyl/N-ethyl adjacent to an activating group) is 1. The number of hydrogen-bond donors (Lipinski definition) is 1. The summed E-state index contributed by atoms with van der Waals surface area (Å²) in [7, 11) is 0. The number of aliphatic hydroxyl groups excluding tert-OH is 1. The number of para-hydroxylation sites is 1. The van der Waals surface area contributed by atoms with Gasteiger partial charge in [0.2, 0.25) is 0 Å². The lowest BCUT2D eigenvalue weighted by atomic mass is 9.98. The van der Waals surface area contributed by atoms with Gasteiger partial charge in [-0.2, -0.15) is 0 Å². The molecule has 0 fully saturated rings. The van der Waals surface area contributed by atoms with Crippen LogP contribution in [0.4, 0.5) is 0 Å². The molecule has 142 valence electrons. The van der Waals surface area contributed by atoms with Crippen molar-refractivity contribution in [1.29, 1.82) is 0 Å². The Hall–Kier alpha value is -2.75. The Bertz CT molecular complexity index is 1100. The molecule has 0 aliphatic heterocycles. The first-order chi connectivity index (χ1) is 13.7. The van der Waals surface area contributed by atoms with E-state index in [1.54, 1.807) is 0 Å². The summed E-state index contributed by atoms with van der Waals surface area (Å²) >= 11 is 0. The van der Waals surface area contributed by atoms with Crippen molar-refractivity contribution in [3.63, 3.8) is 0 Å². The molecule has 0 aliphatic rings. The molecule has 3 heteroatoms. The van der Waals surface area contributed by atoms with Crippen molar-refractivity contribution >= 4 is 21.7 Å². The van der Waals surface area contributed by atoms with Gasteiger partial charge in [-0.25, -0.2) is 4.98 Å². The van der Waals surface area contributed by atoms with E-state index < -0.39 is 6.10 Å². The summed E-state index contributed by atoms with van der Waals surface area (Å²) in [5.74, 6) is 0. The van der Waals surface area contributed by atoms with E-state index in [2.05, 4.69) is 67.3 Å². The van der Waals surface area contributed by atoms with Gasteiger partial charge in [0, 0.05) is 17.5 Å². The monoisotopic (exact) mass is 370 g/mol. The molecule has 0 bridgehead atoms. The zero-order chi connectivity index (χ0) is 19.5. The Morgan fingerprint density at radius 2 is 1.57 bits per heavy atom. The van der Waals surface area contributed by atoms with Crippen LogP contribution in [0.25, 0.3) is 32.9 Å². The molecule has 0 aliphatic carbocycles. The maximum Gasteiger partial charge on any atom is 0.0924 e. The van der Waals surface area contributed by atoms with Gasteiger partial charge in [0.05, 0.1) is 17.3 Å². The van der Waals surface area contributed by atoms with Crippen LogP contribution in [0.2, 0.25) is 0 Å². The minimum absolute atomic E-state index is 0.549. The molecule has 28 heavy (non-hydrogen) atoms. The van der Waals surface area contributed by atoms with Crippen molar-refractivity contribution in [2.24, 2.45) is 0 Å². The van der Waals surface area contributed by atoms with Crippen LogP contribution < -0.4 is 0 Å². The fourth-order valence-corrected chi connectivity index (χ4v) is 3.80. The molecule has 0 saturated heterocycles. The molecular weight excluding hydrogens is 344 g/mol. The zero-order valence-electron chi connectivity index (χ0n) is 16.5. The largest absolute Gasteiger partial charge is 0.387 e. The number of aromatic nitrogens is 1. The highest BCUT2D eigenvalue weighted by atomic mass is 16.3. The highest BCUT2D eigenvalue weighted by Gasteiger charge is 2.17. The van der Waals surface area contributed by atoms with Crippen molar-refractivity contribution in [2.75, 3.05) is 19.6 Å². The highest BCUT2D eigenvalue weighted by molar-refractivity contribution is 5.89. The number of rotatable bonds is 6. The topological polar surface area (TPSA) is 36.4 Å². The zero-order valence-corrected chi connectivity index (χ0v) is 16.5. The van der Waals surface area contributed by atoms with E-state index in [0.717, 1.165) is 40.8 Å². The third-order valence-electron chi connectivity index (χ3n) is 5.48. The summed E-state index contributed by atoms with van der Waals surface area (Å²) in [5, 5.41) is 14.5. The summed E-state index contributed by atoms with van der Waals surface area (Å²) in [5.41, 5.74) is 3.83. The number of pyridine rings is 1. The second-order valence-electron chi connectivity index (χ2n) is 7.18. The van der Waals surface area contributed by atoms with Crippen molar-refractivity contribution in [3.8, 4) is 11.3 Å². The number of aliphatic hydroxyl groups is 1. The van der Waals surface area contributed by atoms with E-state index in [1.807, 2.05) is 24.3 Å². The molecule has 1 N–H and O–H groups in total. The van der Waals surface area contributed by atoms with Gasteiger partial charge < -0.3 is 10.0 Å². The first kappa shape index (κ1) is 18.6. The molecule has 0 radical (unpaired) electrons. The Kier molecular flexibility index (Phi) is 5.38. The summed E-state index contributed by atoms with van der Waals surface area (Å²) in [6, 6.07) is 24.9. The SMILES string of the molecule is CCN(CC)CC(O)c1cc(-c2ccc3ccccc3c2)nc2ccccc12. The number of nitrogens with zero attached hydrogens (tertiary/aromatic N) is 2. The third kappa shape index (κ3) is 3.64. The van der Waals surface area contributed by atoms with Crippen LogP contribution in [0.1, 0.15) is 25.5 Å². The summed E-state index contributed by atoms with van der Waals surface area (Å²) < 4.78 is 0. The molecule has 1 unspecified atom stereocenters. The number of hydrogen-bond acceptors (Lipinski definition) is 3. The van der Waals surface area contributed by atoms with Gasteiger partial charge in [0.15, 0.2) is 0 Å². The molecule has 1 aromatic heterocycles. The molecular formula is C25H26N2O. The van der Waals surface area contributed by atoms with E-state index in [-0.39, 0.29) is 0 Å². The van der Waals surface area contributed by atoms with Crippen LogP contribution in [0, 0.1) is 0 Å². The molecule has 1 atom stereocenters. The van der Waals surface area contributed by atoms with Gasteiger partial charge in [-0.3, -0.25) is 0 Å². The van der Waals surface area contributed by atoms with Crippen LogP contribution in [0.15, 0.2) is 72.8 Å². The third-order valence-corrected chi connectivity index (χ3v) is 5.48. The molecule has 4 aromatic rings. The predicted octanol–water partition coefficient (Wildman–Crippen LogP) is 5.43. The second kappa shape index (κ2) is 8.09. The van der Waals surface area contributed by atoms with Gasteiger partial charge in [-0.1, -0.05) is 68.4 Å². The van der Waals surface area contributed by atoms with Crippen LogP contribution in [0.5, 0.6) is 0 Å². The average Bonchev–Trinajstić information content (AvgIpc) is 2.76. The maximum absolute atomic E-state index is 11.0. The van der Waals surface area contributed by atoms with Crippen LogP contribution in [0.3, 0.4) is 0 Å². The smallest absolute Gasteiger partial charge is 0.0924 e. The van der Waals surface area contributed by atoms with Crippen LogP contribution >= 0.6 is 0 Å². The summed E-state index contributed by atoms with van der Waals surface area (Å²) in [6.07, 6.45) is -0.549. The molecule has 3 nitrogen and oxygen atoms in total. The molecule has 0 saturated carbocycles. The Balaban J connectivity index is 1.82. The van der Waals surface area contributed by atoms with Gasteiger partial charge in [0.25, 0.3) is 0 Å². The van der Waals surface area contributed by atoms with E-state index >= 15 is 0 Å². The normalized spacial score (nSPS) is 12.7. The van der Waals surface area contributed by atoms with E-state index in [9.17, 15) is 5.11 Å². The van der Waals surface area contributed by atoms with E-state index in [0.29, 0.717) is 6.54 Å². The minimum Gasteiger partial charge on any atom is -0.387 e. The molecule has 4 rings (SSSR count). The quantitative estimate of drug-likeness (QED) is 0.492. The van der Waals surface area contributed by atoms with E-state index in [1.165, 1.54) is 10.8 Å². The fourth-order valence-electron chi connectivity index (χ4n) is 3.80. The van der Waals surface area contributed by atoms with Crippen molar-refractivity contribution < 1.29 is 5.11 Å². The number of benzene rings is 3. The molecule has 0 amide bonds. The number of fused-ring (bicyclic) bond motifs is 2. The molecule has 3 aromatic carbocycles. The summed E-state index contributed by atoms with van der Waals surface area (Å²) in [6.45, 7) is 6.73. The first-order valence-electron chi connectivity index (χ1n) is 9.99. The van der Waals surface area contributed by atoms with Crippen LogP contribution in [-0.2, 0) is 0 Å². The van der Waals surface area contributed by atoms with Gasteiger partial charge >= 0.3 is 0 Å². The maximum atomic E-state index is 11.0. The fraction of sp³-hybridized carbons (Fsp3) is 0.240. The highest BCUT2D eigenvalue weighted by Crippen LogP contribution is 2.30. The Morgan fingerprint density at radius 1 is 0.857 bits per heavy atom. The van der Waals surface area contributed by atoms with Gasteiger partial charge in [-0.15, -0.1) is 0 Å². The lowest BCUT2D eigenvalue weighted by Gasteiger charge is -2.23. The van der Waals surface area contributed by atoms with Crippen molar-refractivity contribution in [3.05, 3.63) is 78.4 Å². The van der Waals surface area contributed by atoms with Crippen LogP contribution in [-0.4, -0.2) is 34.6 Å². The Labute approximate surface area is 166 Å². The lowest BCUT2D eigenvalue weighted by Crippen LogP contribution is -2.28. The van der Waals surface area contributed by atoms with E-state index in [4.69, 9.17) is 4.98 Å². The standard InChI is InChI=1S/C25H26N2O/c1-3-27(4-2)17-25(28)22-16-24(26-23-12-8-7-11-21(22)23)20-14-13-18-9-5-6-10-19(18)15-20/h5-16,25,28H,3-4,17H2,1-2H3. The first-order valence-corrected chi connectivity index (χ1v) is 9.99. The summed E-state index contributed by atoms with van der Waals surface area (Å²) in [4.78, 5) is 7.14. The van der Waals surface area contributed by atoms with Crippen molar-refractivity contribution in [2.45, 2.75) is 20.0 Å². The van der Waals surface area contributed by atoms with Gasteiger partial charge in [0.1, 0.15) is 0 Å². The molecule has 1 heterocycles. The second-order valence-corrected chi connectivity index (χ2v) is 7.18.